The molecule has 7 nitrogen and oxygen atoms in total. The summed E-state index contributed by atoms with van der Waals surface area (Å²) in [5, 5.41) is 2.61. The Bertz CT molecular complexity index is 745. The molecule has 0 spiro atoms. The van der Waals surface area contributed by atoms with E-state index in [0.29, 0.717) is 6.54 Å². The van der Waals surface area contributed by atoms with Gasteiger partial charge in [0.05, 0.1) is 24.6 Å². The fourth-order valence-corrected chi connectivity index (χ4v) is 2.34. The number of benzene rings is 1. The smallest absolute Gasteiger partial charge is 0.329 e. The van der Waals surface area contributed by atoms with Crippen molar-refractivity contribution in [2.45, 2.75) is 26.4 Å². The van der Waals surface area contributed by atoms with E-state index in [1.165, 1.54) is 11.7 Å². The summed E-state index contributed by atoms with van der Waals surface area (Å²) in [4.78, 5) is 35.3. The van der Waals surface area contributed by atoms with E-state index < -0.39 is 0 Å². The van der Waals surface area contributed by atoms with Gasteiger partial charge in [-0.1, -0.05) is 12.1 Å². The van der Waals surface area contributed by atoms with E-state index in [-0.39, 0.29) is 37.1 Å². The van der Waals surface area contributed by atoms with E-state index >= 15 is 0 Å². The van der Waals surface area contributed by atoms with Crippen LogP contribution in [-0.4, -0.2) is 34.7 Å². The molecule has 118 valence electrons. The minimum absolute atomic E-state index is 0.0759. The second-order valence-electron chi connectivity index (χ2n) is 4.78. The van der Waals surface area contributed by atoms with Gasteiger partial charge in [0, 0.05) is 13.1 Å². The number of hydrogen-bond donors (Lipinski definition) is 1. The summed E-state index contributed by atoms with van der Waals surface area (Å²) in [6, 6.07) is 7.35. The lowest BCUT2D eigenvalue weighted by molar-refractivity contribution is -0.140. The molecule has 1 N–H and O–H groups in total. The minimum Gasteiger partial charge on any atom is -0.469 e. The summed E-state index contributed by atoms with van der Waals surface area (Å²) < 4.78 is 7.56. The lowest BCUT2D eigenvalue weighted by Gasteiger charge is -2.05. The van der Waals surface area contributed by atoms with Crippen molar-refractivity contribution in [2.75, 3.05) is 13.7 Å². The molecule has 0 radical (unpaired) electrons. The molecule has 1 heterocycles. The average Bonchev–Trinajstić information content (AvgIpc) is 2.79. The molecule has 0 atom stereocenters. The molecule has 2 rings (SSSR count). The van der Waals surface area contributed by atoms with Crippen LogP contribution in [0.25, 0.3) is 11.0 Å². The van der Waals surface area contributed by atoms with Crippen molar-refractivity contribution < 1.29 is 14.3 Å². The molecule has 0 unspecified atom stereocenters. The van der Waals surface area contributed by atoms with E-state index in [1.54, 1.807) is 4.57 Å². The Labute approximate surface area is 127 Å². The molecule has 2 aromatic rings. The number of rotatable bonds is 6. The van der Waals surface area contributed by atoms with Crippen molar-refractivity contribution in [3.8, 4) is 0 Å². The summed E-state index contributed by atoms with van der Waals surface area (Å²) >= 11 is 0. The highest BCUT2D eigenvalue weighted by Gasteiger charge is 2.14. The number of carbonyl (C=O) groups is 2. The summed E-state index contributed by atoms with van der Waals surface area (Å²) in [5.41, 5.74) is 1.31. The van der Waals surface area contributed by atoms with Gasteiger partial charge in [-0.05, 0) is 19.1 Å². The van der Waals surface area contributed by atoms with Crippen LogP contribution in [-0.2, 0) is 27.4 Å². The molecule has 0 saturated heterocycles. The number of ether oxygens (including phenoxy) is 1. The van der Waals surface area contributed by atoms with Gasteiger partial charge in [-0.25, -0.2) is 4.79 Å². The molecule has 7 heteroatoms. The first-order valence-electron chi connectivity index (χ1n) is 7.10. The molecule has 1 amide bonds. The molecular weight excluding hydrogens is 286 g/mol. The van der Waals surface area contributed by atoms with E-state index in [4.69, 9.17) is 0 Å². The van der Waals surface area contributed by atoms with Crippen molar-refractivity contribution in [1.29, 1.82) is 0 Å². The van der Waals surface area contributed by atoms with Crippen molar-refractivity contribution in [1.82, 2.24) is 14.5 Å². The van der Waals surface area contributed by atoms with Gasteiger partial charge in [0.2, 0.25) is 5.91 Å². The average molecular weight is 305 g/mol. The molecule has 0 aliphatic rings. The summed E-state index contributed by atoms with van der Waals surface area (Å²) in [6.45, 7) is 2.53. The third-order valence-corrected chi connectivity index (χ3v) is 3.42. The monoisotopic (exact) mass is 305 g/mol. The first-order valence-corrected chi connectivity index (χ1v) is 7.10. The molecule has 1 aromatic carbocycles. The zero-order valence-electron chi connectivity index (χ0n) is 12.7. The molecule has 0 saturated carbocycles. The van der Waals surface area contributed by atoms with Gasteiger partial charge in [-0.15, -0.1) is 0 Å². The number of esters is 1. The van der Waals surface area contributed by atoms with E-state index in [0.717, 1.165) is 11.0 Å². The second-order valence-corrected chi connectivity index (χ2v) is 4.78. The Balaban J connectivity index is 2.14. The predicted octanol–water partition coefficient (Wildman–Crippen LogP) is 0.502. The maximum absolute atomic E-state index is 12.4. The molecule has 0 bridgehead atoms. The first-order chi connectivity index (χ1) is 10.6. The molecular formula is C15H19N3O4. The van der Waals surface area contributed by atoms with Crippen LogP contribution in [0.2, 0.25) is 0 Å². The third kappa shape index (κ3) is 3.19. The summed E-state index contributed by atoms with van der Waals surface area (Å²) in [5.74, 6) is -0.704. The lowest BCUT2D eigenvalue weighted by atomic mass is 10.3. The van der Waals surface area contributed by atoms with Gasteiger partial charge in [0.1, 0.15) is 6.54 Å². The van der Waals surface area contributed by atoms with E-state index in [1.807, 2.05) is 31.2 Å². The van der Waals surface area contributed by atoms with Crippen molar-refractivity contribution in [3.63, 3.8) is 0 Å². The van der Waals surface area contributed by atoms with Crippen molar-refractivity contribution in [2.24, 2.45) is 0 Å². The normalized spacial score (nSPS) is 10.6. The number of carbonyl (C=O) groups excluding carboxylic acids is 2. The van der Waals surface area contributed by atoms with Crippen molar-refractivity contribution >= 4 is 22.9 Å². The maximum Gasteiger partial charge on any atom is 0.329 e. The van der Waals surface area contributed by atoms with Gasteiger partial charge < -0.3 is 10.1 Å². The Kier molecular flexibility index (Phi) is 4.98. The summed E-state index contributed by atoms with van der Waals surface area (Å²) in [6.07, 6.45) is 0.105. The zero-order chi connectivity index (χ0) is 16.1. The van der Waals surface area contributed by atoms with Crippen LogP contribution >= 0.6 is 0 Å². The number of nitrogens with one attached hydrogen (secondary N) is 1. The zero-order valence-corrected chi connectivity index (χ0v) is 12.7. The maximum atomic E-state index is 12.4. The molecule has 22 heavy (non-hydrogen) atoms. The Morgan fingerprint density at radius 2 is 1.82 bits per heavy atom. The highest BCUT2D eigenvalue weighted by atomic mass is 16.5. The Morgan fingerprint density at radius 3 is 2.41 bits per heavy atom. The van der Waals surface area contributed by atoms with Crippen LogP contribution in [0.15, 0.2) is 29.1 Å². The summed E-state index contributed by atoms with van der Waals surface area (Å²) in [7, 11) is 1.29. The van der Waals surface area contributed by atoms with Crippen LogP contribution in [0.4, 0.5) is 0 Å². The van der Waals surface area contributed by atoms with Gasteiger partial charge in [-0.3, -0.25) is 18.7 Å². The number of methoxy groups -OCH3 is 1. The number of fused-ring (bicyclic) bond motifs is 1. The highest BCUT2D eigenvalue weighted by molar-refractivity contribution is 5.81. The fraction of sp³-hybridized carbons (Fsp3) is 0.400. The highest BCUT2D eigenvalue weighted by Crippen LogP contribution is 2.12. The van der Waals surface area contributed by atoms with E-state index in [9.17, 15) is 14.4 Å². The number of imidazole rings is 1. The van der Waals surface area contributed by atoms with Crippen LogP contribution in [0.3, 0.4) is 0 Å². The van der Waals surface area contributed by atoms with Crippen LogP contribution < -0.4 is 11.0 Å². The van der Waals surface area contributed by atoms with Gasteiger partial charge in [-0.2, -0.15) is 0 Å². The van der Waals surface area contributed by atoms with Gasteiger partial charge >= 0.3 is 11.7 Å². The minimum atomic E-state index is -0.389. The lowest BCUT2D eigenvalue weighted by Crippen LogP contribution is -2.34. The number of aryl methyl sites for hydroxylation is 1. The number of aromatic nitrogens is 2. The predicted molar refractivity (Wildman–Crippen MR) is 81.5 cm³/mol. The van der Waals surface area contributed by atoms with Gasteiger partial charge in [0.15, 0.2) is 0 Å². The SMILES string of the molecule is CCn1c(=O)n(CC(=O)NCCC(=O)OC)c2ccccc21. The largest absolute Gasteiger partial charge is 0.469 e. The molecule has 0 aliphatic heterocycles. The van der Waals surface area contributed by atoms with E-state index in [2.05, 4.69) is 10.1 Å². The molecule has 1 aromatic heterocycles. The topological polar surface area (TPSA) is 82.3 Å². The number of para-hydroxylation sites is 2. The Hall–Kier alpha value is -2.57. The van der Waals surface area contributed by atoms with Crippen LogP contribution in [0, 0.1) is 0 Å². The second kappa shape index (κ2) is 6.93. The van der Waals surface area contributed by atoms with Gasteiger partial charge in [0.25, 0.3) is 0 Å². The molecule has 0 fully saturated rings. The number of amides is 1. The first kappa shape index (κ1) is 15.8. The van der Waals surface area contributed by atoms with Crippen LogP contribution in [0.1, 0.15) is 13.3 Å². The number of nitrogens with zero attached hydrogens (tertiary/aromatic N) is 2. The molecule has 0 aliphatic carbocycles. The standard InChI is InChI=1S/C15H19N3O4/c1-3-17-11-6-4-5-7-12(11)18(15(17)21)10-13(19)16-9-8-14(20)22-2/h4-7H,3,8-10H2,1-2H3,(H,16,19). The quantitative estimate of drug-likeness (QED) is 0.788. The fourth-order valence-electron chi connectivity index (χ4n) is 2.34. The van der Waals surface area contributed by atoms with Crippen LogP contribution in [0.5, 0.6) is 0 Å². The van der Waals surface area contributed by atoms with Crippen molar-refractivity contribution in [3.05, 3.63) is 34.7 Å². The Morgan fingerprint density at radius 1 is 1.18 bits per heavy atom. The third-order valence-electron chi connectivity index (χ3n) is 3.42. The number of hydrogen-bond acceptors (Lipinski definition) is 4.